The molecule has 23 heavy (non-hydrogen) atoms. The Balaban J connectivity index is 1.96. The maximum absolute atomic E-state index is 12.1. The summed E-state index contributed by atoms with van der Waals surface area (Å²) in [6.45, 7) is 1.63. The number of ether oxygens (including phenoxy) is 2. The lowest BCUT2D eigenvalue weighted by Gasteiger charge is -2.17. The summed E-state index contributed by atoms with van der Waals surface area (Å²) in [6, 6.07) is 14.1. The largest absolute Gasteiger partial charge is 0.497 e. The molecule has 0 saturated heterocycles. The van der Waals surface area contributed by atoms with E-state index in [1.165, 1.54) is 12.0 Å². The number of methoxy groups -OCH3 is 1. The molecule has 1 amide bonds. The van der Waals surface area contributed by atoms with E-state index < -0.39 is 5.97 Å². The van der Waals surface area contributed by atoms with Gasteiger partial charge >= 0.3 is 5.97 Å². The van der Waals surface area contributed by atoms with Crippen LogP contribution in [0.3, 0.4) is 0 Å². The topological polar surface area (TPSA) is 55.8 Å². The Morgan fingerprint density at radius 3 is 2.52 bits per heavy atom. The van der Waals surface area contributed by atoms with Crippen LogP contribution in [0.1, 0.15) is 15.9 Å². The van der Waals surface area contributed by atoms with E-state index >= 15 is 0 Å². The van der Waals surface area contributed by atoms with Crippen LogP contribution in [0.5, 0.6) is 5.75 Å². The lowest BCUT2D eigenvalue weighted by molar-refractivity contribution is -0.121. The summed E-state index contributed by atoms with van der Waals surface area (Å²) in [4.78, 5) is 25.6. The number of nitrogens with zero attached hydrogens (tertiary/aromatic N) is 1. The second kappa shape index (κ2) is 7.45. The number of carbonyl (C=O) groups is 2. The quantitative estimate of drug-likeness (QED) is 0.797. The lowest BCUT2D eigenvalue weighted by Crippen LogP contribution is -2.31. The molecule has 0 aliphatic carbocycles. The van der Waals surface area contributed by atoms with Gasteiger partial charge in [0, 0.05) is 12.7 Å². The van der Waals surface area contributed by atoms with Gasteiger partial charge in [-0.15, -0.1) is 0 Å². The van der Waals surface area contributed by atoms with E-state index in [1.54, 1.807) is 31.3 Å². The van der Waals surface area contributed by atoms with Crippen molar-refractivity contribution >= 4 is 17.6 Å². The minimum Gasteiger partial charge on any atom is -0.497 e. The van der Waals surface area contributed by atoms with Gasteiger partial charge in [0.25, 0.3) is 5.91 Å². The van der Waals surface area contributed by atoms with Crippen molar-refractivity contribution in [3.63, 3.8) is 0 Å². The zero-order valence-electron chi connectivity index (χ0n) is 13.4. The number of carbonyl (C=O) groups excluding carboxylic acids is 2. The summed E-state index contributed by atoms with van der Waals surface area (Å²) >= 11 is 0. The van der Waals surface area contributed by atoms with Crippen molar-refractivity contribution in [2.75, 3.05) is 25.7 Å². The highest BCUT2D eigenvalue weighted by Crippen LogP contribution is 2.15. The number of anilines is 1. The Hall–Kier alpha value is -2.82. The smallest absolute Gasteiger partial charge is 0.338 e. The number of benzene rings is 2. The molecule has 2 aromatic rings. The van der Waals surface area contributed by atoms with Gasteiger partial charge in [0.05, 0.1) is 12.7 Å². The molecule has 5 heteroatoms. The minimum atomic E-state index is -0.560. The molecular formula is C18H19NO4. The van der Waals surface area contributed by atoms with E-state index in [9.17, 15) is 9.59 Å². The van der Waals surface area contributed by atoms with Gasteiger partial charge in [0.1, 0.15) is 5.75 Å². The Bertz CT molecular complexity index is 712. The third-order valence-corrected chi connectivity index (χ3v) is 3.40. The van der Waals surface area contributed by atoms with Crippen LogP contribution in [-0.2, 0) is 9.53 Å². The van der Waals surface area contributed by atoms with Crippen LogP contribution in [0, 0.1) is 6.92 Å². The van der Waals surface area contributed by atoms with Crippen LogP contribution in [0.2, 0.25) is 0 Å². The van der Waals surface area contributed by atoms with Crippen LogP contribution in [0.25, 0.3) is 0 Å². The highest BCUT2D eigenvalue weighted by Gasteiger charge is 2.15. The van der Waals surface area contributed by atoms with Gasteiger partial charge in [0.15, 0.2) is 6.61 Å². The number of amides is 1. The van der Waals surface area contributed by atoms with Gasteiger partial charge in [-0.1, -0.05) is 18.2 Å². The first-order chi connectivity index (χ1) is 11.0. The van der Waals surface area contributed by atoms with Crippen molar-refractivity contribution < 1.29 is 19.1 Å². The van der Waals surface area contributed by atoms with Crippen LogP contribution in [-0.4, -0.2) is 32.6 Å². The minimum absolute atomic E-state index is 0.299. The average molecular weight is 313 g/mol. The van der Waals surface area contributed by atoms with E-state index in [2.05, 4.69) is 0 Å². The molecule has 0 spiro atoms. The molecular weight excluding hydrogens is 294 g/mol. The van der Waals surface area contributed by atoms with Gasteiger partial charge in [-0.3, -0.25) is 4.79 Å². The van der Waals surface area contributed by atoms with E-state index in [1.807, 2.05) is 31.2 Å². The molecule has 0 atom stereocenters. The van der Waals surface area contributed by atoms with E-state index in [-0.39, 0.29) is 12.5 Å². The maximum atomic E-state index is 12.1. The van der Waals surface area contributed by atoms with Gasteiger partial charge in [-0.25, -0.2) is 4.79 Å². The number of esters is 1. The molecule has 0 radical (unpaired) electrons. The summed E-state index contributed by atoms with van der Waals surface area (Å²) < 4.78 is 10.1. The first kappa shape index (κ1) is 16.5. The zero-order chi connectivity index (χ0) is 16.8. The summed E-state index contributed by atoms with van der Waals surface area (Å²) in [7, 11) is 3.17. The van der Waals surface area contributed by atoms with Crippen molar-refractivity contribution in [1.29, 1.82) is 0 Å². The number of hydrogen-bond donors (Lipinski definition) is 0. The Morgan fingerprint density at radius 1 is 1.09 bits per heavy atom. The molecule has 0 unspecified atom stereocenters. The Morgan fingerprint density at radius 2 is 1.83 bits per heavy atom. The van der Waals surface area contributed by atoms with Crippen LogP contribution in [0.4, 0.5) is 5.69 Å². The standard InChI is InChI=1S/C18H19NO4/c1-13-6-4-8-15(10-13)19(2)17(20)12-23-18(21)14-7-5-9-16(11-14)22-3/h4-11H,12H2,1-3H3. The molecule has 0 saturated carbocycles. The van der Waals surface area contributed by atoms with Gasteiger partial charge in [-0.05, 0) is 42.8 Å². The average Bonchev–Trinajstić information content (AvgIpc) is 2.58. The fraction of sp³-hybridized carbons (Fsp3) is 0.222. The summed E-state index contributed by atoms with van der Waals surface area (Å²) in [5, 5.41) is 0. The second-order valence-corrected chi connectivity index (χ2v) is 5.10. The normalized spacial score (nSPS) is 10.0. The summed E-state index contributed by atoms with van der Waals surface area (Å²) in [5.41, 5.74) is 2.15. The molecule has 0 fully saturated rings. The third kappa shape index (κ3) is 4.32. The predicted molar refractivity (Wildman–Crippen MR) is 87.9 cm³/mol. The molecule has 0 aliphatic heterocycles. The zero-order valence-corrected chi connectivity index (χ0v) is 13.4. The van der Waals surface area contributed by atoms with Gasteiger partial charge < -0.3 is 14.4 Å². The van der Waals surface area contributed by atoms with Gasteiger partial charge in [-0.2, -0.15) is 0 Å². The monoisotopic (exact) mass is 313 g/mol. The molecule has 0 heterocycles. The molecule has 120 valence electrons. The second-order valence-electron chi connectivity index (χ2n) is 5.10. The lowest BCUT2D eigenvalue weighted by atomic mass is 10.2. The van der Waals surface area contributed by atoms with Crippen LogP contribution >= 0.6 is 0 Å². The van der Waals surface area contributed by atoms with E-state index in [0.29, 0.717) is 11.3 Å². The van der Waals surface area contributed by atoms with Crippen LogP contribution in [0.15, 0.2) is 48.5 Å². The number of rotatable bonds is 5. The molecule has 5 nitrogen and oxygen atoms in total. The highest BCUT2D eigenvalue weighted by atomic mass is 16.5. The van der Waals surface area contributed by atoms with Crippen molar-refractivity contribution in [3.05, 3.63) is 59.7 Å². The molecule has 2 rings (SSSR count). The molecule has 0 aromatic heterocycles. The Kier molecular flexibility index (Phi) is 5.36. The summed E-state index contributed by atoms with van der Waals surface area (Å²) in [6.07, 6.45) is 0. The van der Waals surface area contributed by atoms with Crippen LogP contribution < -0.4 is 9.64 Å². The first-order valence-corrected chi connectivity index (χ1v) is 7.15. The molecule has 0 N–H and O–H groups in total. The highest BCUT2D eigenvalue weighted by molar-refractivity contribution is 5.96. The fourth-order valence-corrected chi connectivity index (χ4v) is 2.04. The number of hydrogen-bond acceptors (Lipinski definition) is 4. The van der Waals surface area contributed by atoms with Crippen molar-refractivity contribution in [2.24, 2.45) is 0 Å². The third-order valence-electron chi connectivity index (χ3n) is 3.40. The predicted octanol–water partition coefficient (Wildman–Crippen LogP) is 2.82. The summed E-state index contributed by atoms with van der Waals surface area (Å²) in [5.74, 6) is -0.301. The Labute approximate surface area is 135 Å². The van der Waals surface area contributed by atoms with Crippen molar-refractivity contribution in [3.8, 4) is 5.75 Å². The SMILES string of the molecule is COc1cccc(C(=O)OCC(=O)N(C)c2cccc(C)c2)c1. The first-order valence-electron chi connectivity index (χ1n) is 7.15. The maximum Gasteiger partial charge on any atom is 0.338 e. The molecule has 0 aliphatic rings. The number of likely N-dealkylation sites (N-methyl/N-ethyl adjacent to an activating group) is 1. The molecule has 0 bridgehead atoms. The number of aryl methyl sites for hydroxylation is 1. The van der Waals surface area contributed by atoms with E-state index in [0.717, 1.165) is 11.3 Å². The van der Waals surface area contributed by atoms with Gasteiger partial charge in [0.2, 0.25) is 0 Å². The fourth-order valence-electron chi connectivity index (χ4n) is 2.04. The van der Waals surface area contributed by atoms with E-state index in [4.69, 9.17) is 9.47 Å². The van der Waals surface area contributed by atoms with Crippen molar-refractivity contribution in [1.82, 2.24) is 0 Å². The van der Waals surface area contributed by atoms with Crippen molar-refractivity contribution in [2.45, 2.75) is 6.92 Å². The molecule has 2 aromatic carbocycles.